The van der Waals surface area contributed by atoms with Crippen molar-refractivity contribution in [2.75, 3.05) is 6.61 Å². The Hall–Kier alpha value is -0.570. The molecule has 7 heavy (non-hydrogen) atoms. The van der Waals surface area contributed by atoms with E-state index in [9.17, 15) is 4.79 Å². The lowest BCUT2D eigenvalue weighted by Crippen LogP contribution is -2.23. The Morgan fingerprint density at radius 1 is 2.00 bits per heavy atom. The van der Waals surface area contributed by atoms with Gasteiger partial charge < -0.3 is 10.8 Å². The zero-order chi connectivity index (χ0) is 5.86. The summed E-state index contributed by atoms with van der Waals surface area (Å²) in [6, 6.07) is 0. The molecule has 41 valence electrons. The van der Waals surface area contributed by atoms with Gasteiger partial charge in [-0.1, -0.05) is 0 Å². The first-order valence-electron chi connectivity index (χ1n) is 1.91. The molecule has 1 atom stereocenters. The van der Waals surface area contributed by atoms with Gasteiger partial charge in [0, 0.05) is 0 Å². The average Bonchev–Trinajstić information content (AvgIpc) is 1.65. The Labute approximate surface area is 42.1 Å². The molecule has 0 aliphatic rings. The van der Waals surface area contributed by atoms with E-state index >= 15 is 0 Å². The second kappa shape index (κ2) is 2.58. The Kier molecular flexibility index (Phi) is 2.37. The van der Waals surface area contributed by atoms with Gasteiger partial charge in [0.2, 0.25) is 5.91 Å². The highest BCUT2D eigenvalue weighted by atomic mass is 16.3. The zero-order valence-electron chi connectivity index (χ0n) is 3.92. The van der Waals surface area contributed by atoms with Crippen LogP contribution in [0.3, 0.4) is 0 Å². The SMILES string of the molecule is [CH2]C(CO)C(N)=O. The minimum absolute atomic E-state index is 0.269. The van der Waals surface area contributed by atoms with Crippen LogP contribution in [0, 0.1) is 12.8 Å². The molecule has 3 nitrogen and oxygen atoms in total. The maximum Gasteiger partial charge on any atom is 0.222 e. The maximum absolute atomic E-state index is 9.93. The molecular formula is C4H8NO2. The number of rotatable bonds is 2. The molecule has 0 heterocycles. The molecule has 0 aromatic carbocycles. The number of primary amides is 1. The van der Waals surface area contributed by atoms with Crippen LogP contribution >= 0.6 is 0 Å². The van der Waals surface area contributed by atoms with E-state index in [1.165, 1.54) is 0 Å². The highest BCUT2D eigenvalue weighted by molar-refractivity contribution is 5.77. The Bertz CT molecular complexity index is 72.1. The molecule has 0 saturated heterocycles. The van der Waals surface area contributed by atoms with E-state index in [2.05, 4.69) is 12.7 Å². The molecule has 1 amide bonds. The molecule has 0 rings (SSSR count). The fourth-order valence-corrected chi connectivity index (χ4v) is 0.0900. The quantitative estimate of drug-likeness (QED) is 0.465. The summed E-state index contributed by atoms with van der Waals surface area (Å²) in [5, 5.41) is 8.14. The predicted molar refractivity (Wildman–Crippen MR) is 25.1 cm³/mol. The molecule has 3 N–H and O–H groups in total. The first kappa shape index (κ1) is 6.43. The van der Waals surface area contributed by atoms with E-state index in [1.54, 1.807) is 0 Å². The molecule has 1 radical (unpaired) electrons. The van der Waals surface area contributed by atoms with Crippen molar-refractivity contribution in [2.45, 2.75) is 0 Å². The summed E-state index contributed by atoms with van der Waals surface area (Å²) in [5.74, 6) is -1.22. The number of hydrogen-bond acceptors (Lipinski definition) is 2. The van der Waals surface area contributed by atoms with E-state index in [1.807, 2.05) is 0 Å². The van der Waals surface area contributed by atoms with Crippen LogP contribution in [-0.4, -0.2) is 17.6 Å². The van der Waals surface area contributed by atoms with Gasteiger partial charge in [0.15, 0.2) is 0 Å². The summed E-state index contributed by atoms with van der Waals surface area (Å²) in [6.45, 7) is 2.96. The predicted octanol–water partition coefficient (Wildman–Crippen LogP) is -1.09. The fraction of sp³-hybridized carbons (Fsp3) is 0.500. The van der Waals surface area contributed by atoms with E-state index < -0.39 is 11.8 Å². The van der Waals surface area contributed by atoms with Crippen LogP contribution in [0.2, 0.25) is 0 Å². The number of nitrogens with two attached hydrogens (primary N) is 1. The molecule has 0 saturated carbocycles. The van der Waals surface area contributed by atoms with Crippen LogP contribution < -0.4 is 5.73 Å². The monoisotopic (exact) mass is 102 g/mol. The van der Waals surface area contributed by atoms with Gasteiger partial charge in [-0.3, -0.25) is 4.79 Å². The first-order chi connectivity index (χ1) is 3.18. The van der Waals surface area contributed by atoms with Gasteiger partial charge in [-0.05, 0) is 6.92 Å². The van der Waals surface area contributed by atoms with Crippen LogP contribution in [-0.2, 0) is 4.79 Å². The van der Waals surface area contributed by atoms with Gasteiger partial charge in [-0.15, -0.1) is 0 Å². The third-order valence-corrected chi connectivity index (χ3v) is 0.623. The molecule has 0 aromatic rings. The van der Waals surface area contributed by atoms with Gasteiger partial charge in [-0.2, -0.15) is 0 Å². The minimum Gasteiger partial charge on any atom is -0.396 e. The summed E-state index contributed by atoms with van der Waals surface area (Å²) >= 11 is 0. The molecule has 0 fully saturated rings. The van der Waals surface area contributed by atoms with Crippen LogP contribution in [0.1, 0.15) is 0 Å². The van der Waals surface area contributed by atoms with Gasteiger partial charge in [0.1, 0.15) is 0 Å². The number of carbonyl (C=O) groups is 1. The molecule has 0 aliphatic heterocycles. The highest BCUT2D eigenvalue weighted by Gasteiger charge is 2.03. The number of aliphatic hydroxyl groups is 1. The Morgan fingerprint density at radius 3 is 2.43 bits per heavy atom. The number of hydrogen-bond donors (Lipinski definition) is 2. The molecule has 0 bridgehead atoms. The van der Waals surface area contributed by atoms with Crippen LogP contribution in [0.25, 0.3) is 0 Å². The van der Waals surface area contributed by atoms with Gasteiger partial charge in [0.25, 0.3) is 0 Å². The molecular weight excluding hydrogens is 94.0 g/mol. The van der Waals surface area contributed by atoms with Crippen LogP contribution in [0.15, 0.2) is 0 Å². The summed E-state index contributed by atoms with van der Waals surface area (Å²) in [7, 11) is 0. The normalized spacial score (nSPS) is 13.4. The standard InChI is InChI=1S/C4H8NO2/c1-3(2-6)4(5)7/h3,6H,1-2H2,(H2,5,7). The Morgan fingerprint density at radius 2 is 2.43 bits per heavy atom. The topological polar surface area (TPSA) is 63.3 Å². The van der Waals surface area contributed by atoms with Crippen LogP contribution in [0.4, 0.5) is 0 Å². The first-order valence-corrected chi connectivity index (χ1v) is 1.91. The maximum atomic E-state index is 9.93. The molecule has 0 spiro atoms. The summed E-state index contributed by atoms with van der Waals surface area (Å²) < 4.78 is 0. The largest absolute Gasteiger partial charge is 0.396 e. The van der Waals surface area contributed by atoms with Crippen molar-refractivity contribution in [1.82, 2.24) is 0 Å². The van der Waals surface area contributed by atoms with Gasteiger partial charge in [0.05, 0.1) is 12.5 Å². The van der Waals surface area contributed by atoms with E-state index in [0.717, 1.165) is 0 Å². The Balaban J connectivity index is 3.34. The van der Waals surface area contributed by atoms with Crippen molar-refractivity contribution in [3.63, 3.8) is 0 Å². The van der Waals surface area contributed by atoms with Crippen molar-refractivity contribution in [2.24, 2.45) is 11.7 Å². The summed E-state index contributed by atoms with van der Waals surface area (Å²) in [6.07, 6.45) is 0. The summed E-state index contributed by atoms with van der Waals surface area (Å²) in [5.41, 5.74) is 4.69. The lowest BCUT2D eigenvalue weighted by molar-refractivity contribution is -0.121. The molecule has 3 heteroatoms. The lowest BCUT2D eigenvalue weighted by atomic mass is 10.2. The van der Waals surface area contributed by atoms with E-state index in [-0.39, 0.29) is 6.61 Å². The average molecular weight is 102 g/mol. The highest BCUT2D eigenvalue weighted by Crippen LogP contribution is 1.85. The van der Waals surface area contributed by atoms with Gasteiger partial charge >= 0.3 is 0 Å². The van der Waals surface area contributed by atoms with E-state index in [4.69, 9.17) is 5.11 Å². The van der Waals surface area contributed by atoms with Crippen molar-refractivity contribution in [1.29, 1.82) is 0 Å². The van der Waals surface area contributed by atoms with Crippen molar-refractivity contribution in [3.8, 4) is 0 Å². The number of aliphatic hydroxyl groups excluding tert-OH is 1. The van der Waals surface area contributed by atoms with Crippen molar-refractivity contribution >= 4 is 5.91 Å². The number of carbonyl (C=O) groups excluding carboxylic acids is 1. The molecule has 0 aromatic heterocycles. The van der Waals surface area contributed by atoms with Crippen molar-refractivity contribution < 1.29 is 9.90 Å². The summed E-state index contributed by atoms with van der Waals surface area (Å²) in [4.78, 5) is 9.93. The second-order valence-electron chi connectivity index (χ2n) is 1.28. The smallest absolute Gasteiger partial charge is 0.222 e. The third-order valence-electron chi connectivity index (χ3n) is 0.623. The zero-order valence-corrected chi connectivity index (χ0v) is 3.92. The molecule has 1 unspecified atom stereocenters. The lowest BCUT2D eigenvalue weighted by Gasteiger charge is -1.97. The second-order valence-corrected chi connectivity index (χ2v) is 1.28. The van der Waals surface area contributed by atoms with Gasteiger partial charge in [-0.25, -0.2) is 0 Å². The van der Waals surface area contributed by atoms with Crippen molar-refractivity contribution in [3.05, 3.63) is 6.92 Å². The minimum atomic E-state index is -0.653. The number of amides is 1. The molecule has 0 aliphatic carbocycles. The fourth-order valence-electron chi connectivity index (χ4n) is 0.0900. The third kappa shape index (κ3) is 2.17. The van der Waals surface area contributed by atoms with Crippen LogP contribution in [0.5, 0.6) is 0 Å². The van der Waals surface area contributed by atoms with E-state index in [0.29, 0.717) is 0 Å².